The lowest BCUT2D eigenvalue weighted by Gasteiger charge is -2.26. The van der Waals surface area contributed by atoms with Crippen LogP contribution in [0, 0.1) is 5.82 Å². The fourth-order valence-corrected chi connectivity index (χ4v) is 5.32. The monoisotopic (exact) mass is 556 g/mol. The third-order valence-corrected chi connectivity index (χ3v) is 7.53. The molecule has 0 bridgehead atoms. The van der Waals surface area contributed by atoms with Crippen molar-refractivity contribution in [3.8, 4) is 11.5 Å². The molecule has 0 atom stereocenters. The highest BCUT2D eigenvalue weighted by atomic mass is 32.1. The summed E-state index contributed by atoms with van der Waals surface area (Å²) >= 11 is 1.45. The first-order valence-electron chi connectivity index (χ1n) is 13.2. The molecular weight excluding hydrogens is 519 g/mol. The summed E-state index contributed by atoms with van der Waals surface area (Å²) in [5.74, 6) is 0.964. The van der Waals surface area contributed by atoms with Gasteiger partial charge in [0, 0.05) is 43.7 Å². The first kappa shape index (κ1) is 28.9. The maximum Gasteiger partial charge on any atom is 0.270 e. The van der Waals surface area contributed by atoms with Gasteiger partial charge in [-0.25, -0.2) is 9.37 Å². The molecule has 1 amide bonds. The molecule has 1 fully saturated rings. The summed E-state index contributed by atoms with van der Waals surface area (Å²) in [4.78, 5) is 21.8. The van der Waals surface area contributed by atoms with Gasteiger partial charge in [0.2, 0.25) is 0 Å². The first-order chi connectivity index (χ1) is 19.1. The third-order valence-electron chi connectivity index (χ3n) is 6.70. The summed E-state index contributed by atoms with van der Waals surface area (Å²) in [7, 11) is 3.23. The van der Waals surface area contributed by atoms with E-state index < -0.39 is 0 Å². The fraction of sp³-hybridized carbons (Fsp3) is 0.448. The van der Waals surface area contributed by atoms with Crippen LogP contribution in [0.25, 0.3) is 0 Å². The summed E-state index contributed by atoms with van der Waals surface area (Å²) in [5, 5.41) is 5.59. The molecule has 39 heavy (non-hydrogen) atoms. The molecule has 2 heterocycles. The van der Waals surface area contributed by atoms with Crippen molar-refractivity contribution in [3.05, 3.63) is 75.5 Å². The number of methoxy groups -OCH3 is 2. The molecule has 0 saturated carbocycles. The molecular formula is C29H37FN4O4S. The predicted octanol–water partition coefficient (Wildman–Crippen LogP) is 4.00. The zero-order chi connectivity index (χ0) is 27.5. The molecule has 0 radical (unpaired) electrons. The predicted molar refractivity (Wildman–Crippen MR) is 150 cm³/mol. The Labute approximate surface area is 233 Å². The Balaban J connectivity index is 1.35. The maximum atomic E-state index is 14.5. The number of halogens is 1. The van der Waals surface area contributed by atoms with Crippen molar-refractivity contribution < 1.29 is 23.4 Å². The van der Waals surface area contributed by atoms with Gasteiger partial charge < -0.3 is 19.5 Å². The smallest absolute Gasteiger partial charge is 0.270 e. The van der Waals surface area contributed by atoms with E-state index in [1.807, 2.05) is 24.3 Å². The number of hydrogen-bond donors (Lipinski definition) is 1. The minimum atomic E-state index is -0.232. The Bertz CT molecular complexity index is 1200. The summed E-state index contributed by atoms with van der Waals surface area (Å²) in [6.45, 7) is 6.60. The molecule has 4 rings (SSSR count). The third kappa shape index (κ3) is 8.72. The van der Waals surface area contributed by atoms with Crippen LogP contribution in [0.5, 0.6) is 11.5 Å². The number of benzene rings is 2. The van der Waals surface area contributed by atoms with Gasteiger partial charge in [-0.2, -0.15) is 0 Å². The second-order valence-electron chi connectivity index (χ2n) is 9.43. The summed E-state index contributed by atoms with van der Waals surface area (Å²) in [6, 6.07) is 12.7. The van der Waals surface area contributed by atoms with Crippen molar-refractivity contribution in [1.82, 2.24) is 20.1 Å². The van der Waals surface area contributed by atoms with Crippen LogP contribution in [0.2, 0.25) is 0 Å². The Morgan fingerprint density at radius 1 is 1.13 bits per heavy atom. The fourth-order valence-electron chi connectivity index (χ4n) is 4.50. The lowest BCUT2D eigenvalue weighted by molar-refractivity contribution is 0.0374. The quantitative estimate of drug-likeness (QED) is 0.301. The van der Waals surface area contributed by atoms with E-state index in [4.69, 9.17) is 14.2 Å². The number of thiazole rings is 1. The first-order valence-corrected chi connectivity index (χ1v) is 14.1. The molecule has 0 aliphatic carbocycles. The lowest BCUT2D eigenvalue weighted by Crippen LogP contribution is -2.38. The largest absolute Gasteiger partial charge is 0.493 e. The van der Waals surface area contributed by atoms with E-state index in [1.165, 1.54) is 17.4 Å². The van der Waals surface area contributed by atoms with Gasteiger partial charge >= 0.3 is 0 Å². The molecule has 1 aromatic heterocycles. The number of carbonyl (C=O) groups excluding carboxylic acids is 1. The van der Waals surface area contributed by atoms with Crippen LogP contribution < -0.4 is 14.8 Å². The van der Waals surface area contributed by atoms with Crippen molar-refractivity contribution >= 4 is 17.2 Å². The van der Waals surface area contributed by atoms with Gasteiger partial charge in [-0.3, -0.25) is 14.6 Å². The zero-order valence-corrected chi connectivity index (χ0v) is 23.5. The lowest BCUT2D eigenvalue weighted by atomic mass is 10.1. The van der Waals surface area contributed by atoms with Crippen molar-refractivity contribution in [1.29, 1.82) is 0 Å². The number of hydrogen-bond acceptors (Lipinski definition) is 8. The molecule has 2 aromatic carbocycles. The molecule has 1 aliphatic heterocycles. The Morgan fingerprint density at radius 2 is 1.92 bits per heavy atom. The van der Waals surface area contributed by atoms with Crippen molar-refractivity contribution in [2.75, 3.05) is 60.2 Å². The second-order valence-corrected chi connectivity index (χ2v) is 10.4. The number of morpholine rings is 1. The number of amides is 1. The van der Waals surface area contributed by atoms with E-state index in [0.29, 0.717) is 48.9 Å². The van der Waals surface area contributed by atoms with Gasteiger partial charge in [0.25, 0.3) is 5.91 Å². The molecule has 1 N–H and O–H groups in total. The van der Waals surface area contributed by atoms with Gasteiger partial charge in [-0.1, -0.05) is 24.3 Å². The molecule has 210 valence electrons. The van der Waals surface area contributed by atoms with Gasteiger partial charge in [0.05, 0.1) is 34.0 Å². The van der Waals surface area contributed by atoms with Crippen LogP contribution in [-0.2, 0) is 24.2 Å². The van der Waals surface area contributed by atoms with E-state index in [9.17, 15) is 9.18 Å². The van der Waals surface area contributed by atoms with E-state index in [-0.39, 0.29) is 11.7 Å². The number of rotatable bonds is 14. The van der Waals surface area contributed by atoms with Gasteiger partial charge in [0.15, 0.2) is 11.5 Å². The number of nitrogens with zero attached hydrogens (tertiary/aromatic N) is 3. The zero-order valence-electron chi connectivity index (χ0n) is 22.7. The minimum Gasteiger partial charge on any atom is -0.493 e. The normalized spacial score (nSPS) is 13.9. The molecule has 1 aliphatic rings. The van der Waals surface area contributed by atoms with Crippen LogP contribution >= 0.6 is 11.3 Å². The average molecular weight is 557 g/mol. The topological polar surface area (TPSA) is 76.2 Å². The molecule has 1 saturated heterocycles. The van der Waals surface area contributed by atoms with E-state index >= 15 is 0 Å². The molecule has 8 nitrogen and oxygen atoms in total. The highest BCUT2D eigenvalue weighted by Gasteiger charge is 2.16. The number of nitrogens with one attached hydrogen (secondary N) is 1. The Hall–Kier alpha value is -3.05. The highest BCUT2D eigenvalue weighted by Crippen LogP contribution is 2.28. The summed E-state index contributed by atoms with van der Waals surface area (Å²) in [6.07, 6.45) is 1.62. The summed E-state index contributed by atoms with van der Waals surface area (Å²) < 4.78 is 30.6. The number of ether oxygens (including phenoxy) is 3. The standard InChI is InChI=1S/C29H37FN4O4S/c1-36-26-9-8-22(18-27(26)37-2)10-13-34(19-23-6-3-4-7-24(23)30)20-28-32-25(21-39-28)29(35)31-11-5-12-33-14-16-38-17-15-33/h3-4,6-9,18,21H,5,10-17,19-20H2,1-2H3,(H,31,35). The number of carbonyl (C=O) groups is 1. The average Bonchev–Trinajstić information content (AvgIpc) is 3.44. The van der Waals surface area contributed by atoms with E-state index in [0.717, 1.165) is 56.3 Å². The van der Waals surface area contributed by atoms with Crippen LogP contribution in [0.1, 0.15) is 33.0 Å². The SMILES string of the molecule is COc1ccc(CCN(Cc2nc(C(=O)NCCCN3CCOCC3)cs2)Cc2ccccc2F)cc1OC. The van der Waals surface area contributed by atoms with E-state index in [2.05, 4.69) is 20.1 Å². The van der Waals surface area contributed by atoms with Crippen LogP contribution in [0.15, 0.2) is 47.8 Å². The maximum absolute atomic E-state index is 14.5. The van der Waals surface area contributed by atoms with Gasteiger partial charge in [-0.15, -0.1) is 11.3 Å². The van der Waals surface area contributed by atoms with Crippen LogP contribution in [-0.4, -0.2) is 80.8 Å². The molecule has 3 aromatic rings. The molecule has 10 heteroatoms. The molecule has 0 unspecified atom stereocenters. The van der Waals surface area contributed by atoms with Gasteiger partial charge in [0.1, 0.15) is 16.5 Å². The highest BCUT2D eigenvalue weighted by molar-refractivity contribution is 7.09. The van der Waals surface area contributed by atoms with E-state index in [1.54, 1.807) is 31.7 Å². The van der Waals surface area contributed by atoms with Crippen molar-refractivity contribution in [2.24, 2.45) is 0 Å². The minimum absolute atomic E-state index is 0.162. The van der Waals surface area contributed by atoms with Crippen LogP contribution in [0.3, 0.4) is 0 Å². The number of aromatic nitrogens is 1. The van der Waals surface area contributed by atoms with Gasteiger partial charge in [-0.05, 0) is 43.1 Å². The van der Waals surface area contributed by atoms with Crippen molar-refractivity contribution in [3.63, 3.8) is 0 Å². The molecule has 0 spiro atoms. The second kappa shape index (κ2) is 14.9. The Morgan fingerprint density at radius 3 is 2.69 bits per heavy atom. The van der Waals surface area contributed by atoms with Crippen molar-refractivity contribution in [2.45, 2.75) is 25.9 Å². The van der Waals surface area contributed by atoms with Crippen LogP contribution in [0.4, 0.5) is 4.39 Å². The Kier molecular flexibility index (Phi) is 11.1. The summed E-state index contributed by atoms with van der Waals surface area (Å²) in [5.41, 5.74) is 2.13.